The van der Waals surface area contributed by atoms with Gasteiger partial charge in [0.05, 0.1) is 5.75 Å². The molecule has 0 aliphatic rings. The van der Waals surface area contributed by atoms with Gasteiger partial charge < -0.3 is 0 Å². The molecule has 0 saturated carbocycles. The minimum atomic E-state index is 0.856. The van der Waals surface area contributed by atoms with Crippen LogP contribution >= 0.6 is 11.8 Å². The first-order valence-corrected chi connectivity index (χ1v) is 7.21. The SMILES string of the molecule is CCCCn1nc(C)nc1CSc1ccncc1. The number of unbranched alkanes of at least 4 members (excludes halogenated alkanes) is 1. The maximum absolute atomic E-state index is 4.49. The Labute approximate surface area is 112 Å². The van der Waals surface area contributed by atoms with E-state index >= 15 is 0 Å². The van der Waals surface area contributed by atoms with Crippen molar-refractivity contribution in [3.63, 3.8) is 0 Å². The smallest absolute Gasteiger partial charge is 0.147 e. The summed E-state index contributed by atoms with van der Waals surface area (Å²) in [7, 11) is 0. The van der Waals surface area contributed by atoms with Crippen molar-refractivity contribution in [3.05, 3.63) is 36.2 Å². The highest BCUT2D eigenvalue weighted by atomic mass is 32.2. The van der Waals surface area contributed by atoms with Crippen LogP contribution in [0.2, 0.25) is 0 Å². The van der Waals surface area contributed by atoms with Gasteiger partial charge in [-0.25, -0.2) is 9.67 Å². The molecule has 2 heterocycles. The summed E-state index contributed by atoms with van der Waals surface area (Å²) in [5, 5.41) is 4.44. The Hall–Kier alpha value is -1.36. The zero-order valence-electron chi connectivity index (χ0n) is 10.8. The second kappa shape index (κ2) is 6.54. The van der Waals surface area contributed by atoms with Gasteiger partial charge >= 0.3 is 0 Å². The molecular weight excluding hydrogens is 244 g/mol. The first-order chi connectivity index (χ1) is 8.79. The summed E-state index contributed by atoms with van der Waals surface area (Å²) in [5.41, 5.74) is 0. The molecule has 2 aromatic heterocycles. The van der Waals surface area contributed by atoms with Crippen LogP contribution < -0.4 is 0 Å². The molecule has 0 radical (unpaired) electrons. The van der Waals surface area contributed by atoms with Gasteiger partial charge in [-0.15, -0.1) is 11.8 Å². The normalized spacial score (nSPS) is 10.8. The van der Waals surface area contributed by atoms with Crippen molar-refractivity contribution in [1.82, 2.24) is 19.7 Å². The number of hydrogen-bond donors (Lipinski definition) is 0. The van der Waals surface area contributed by atoms with E-state index < -0.39 is 0 Å². The van der Waals surface area contributed by atoms with Crippen LogP contribution in [0.1, 0.15) is 31.4 Å². The molecular formula is C13H18N4S. The summed E-state index contributed by atoms with van der Waals surface area (Å²) < 4.78 is 2.03. The number of hydrogen-bond acceptors (Lipinski definition) is 4. The maximum atomic E-state index is 4.49. The molecule has 2 rings (SSSR count). The van der Waals surface area contributed by atoms with E-state index in [1.165, 1.54) is 11.3 Å². The quantitative estimate of drug-likeness (QED) is 0.750. The molecule has 0 atom stereocenters. The molecule has 0 amide bonds. The summed E-state index contributed by atoms with van der Waals surface area (Å²) in [5.74, 6) is 2.77. The fourth-order valence-corrected chi connectivity index (χ4v) is 2.50. The Balaban J connectivity index is 2.00. The maximum Gasteiger partial charge on any atom is 0.147 e. The third-order valence-corrected chi connectivity index (χ3v) is 3.60. The van der Waals surface area contributed by atoms with Crippen molar-refractivity contribution in [2.45, 2.75) is 43.9 Å². The summed E-state index contributed by atoms with van der Waals surface area (Å²) in [6.07, 6.45) is 5.95. The van der Waals surface area contributed by atoms with Crippen LogP contribution in [0.3, 0.4) is 0 Å². The number of nitrogens with zero attached hydrogens (tertiary/aromatic N) is 4. The summed E-state index contributed by atoms with van der Waals surface area (Å²) in [6, 6.07) is 4.04. The first-order valence-electron chi connectivity index (χ1n) is 6.22. The van der Waals surface area contributed by atoms with E-state index in [1.807, 2.05) is 36.1 Å². The highest BCUT2D eigenvalue weighted by molar-refractivity contribution is 7.98. The lowest BCUT2D eigenvalue weighted by Crippen LogP contribution is -2.04. The van der Waals surface area contributed by atoms with Gasteiger partial charge in [0.1, 0.15) is 11.6 Å². The average Bonchev–Trinajstić information content (AvgIpc) is 2.75. The number of aromatic nitrogens is 4. The number of thioether (sulfide) groups is 1. The van der Waals surface area contributed by atoms with Crippen LogP contribution in [0.4, 0.5) is 0 Å². The first kappa shape index (κ1) is 13.1. The van der Waals surface area contributed by atoms with Crippen LogP contribution in [0.25, 0.3) is 0 Å². The van der Waals surface area contributed by atoms with Crippen molar-refractivity contribution >= 4 is 11.8 Å². The molecule has 0 bridgehead atoms. The van der Waals surface area contributed by atoms with E-state index in [2.05, 4.69) is 22.0 Å². The fraction of sp³-hybridized carbons (Fsp3) is 0.462. The Morgan fingerprint density at radius 2 is 2.06 bits per heavy atom. The van der Waals surface area contributed by atoms with Crippen LogP contribution in [0.15, 0.2) is 29.4 Å². The minimum absolute atomic E-state index is 0.856. The number of pyridine rings is 1. The third-order valence-electron chi connectivity index (χ3n) is 2.60. The van der Waals surface area contributed by atoms with E-state index in [1.54, 1.807) is 11.8 Å². The molecule has 0 aliphatic heterocycles. The second-order valence-corrected chi connectivity index (χ2v) is 5.17. The average molecular weight is 262 g/mol. The van der Waals surface area contributed by atoms with E-state index in [4.69, 9.17) is 0 Å². The van der Waals surface area contributed by atoms with Gasteiger partial charge in [-0.3, -0.25) is 4.98 Å². The Morgan fingerprint density at radius 3 is 2.78 bits per heavy atom. The molecule has 96 valence electrons. The van der Waals surface area contributed by atoms with E-state index in [-0.39, 0.29) is 0 Å². The van der Waals surface area contributed by atoms with Crippen LogP contribution in [-0.2, 0) is 12.3 Å². The molecule has 0 saturated heterocycles. The van der Waals surface area contributed by atoms with E-state index in [0.717, 1.165) is 30.4 Å². The van der Waals surface area contributed by atoms with Gasteiger partial charge in [-0.1, -0.05) is 13.3 Å². The monoisotopic (exact) mass is 262 g/mol. The van der Waals surface area contributed by atoms with Gasteiger partial charge in [0.2, 0.25) is 0 Å². The predicted molar refractivity (Wildman–Crippen MR) is 73.5 cm³/mol. The van der Waals surface area contributed by atoms with Gasteiger partial charge in [0.15, 0.2) is 0 Å². The highest BCUT2D eigenvalue weighted by Crippen LogP contribution is 2.21. The van der Waals surface area contributed by atoms with Crippen molar-refractivity contribution in [2.75, 3.05) is 0 Å². The lowest BCUT2D eigenvalue weighted by Gasteiger charge is -2.04. The minimum Gasteiger partial charge on any atom is -0.265 e. The zero-order valence-corrected chi connectivity index (χ0v) is 11.7. The summed E-state index contributed by atoms with van der Waals surface area (Å²) in [4.78, 5) is 9.73. The summed E-state index contributed by atoms with van der Waals surface area (Å²) in [6.45, 7) is 5.10. The molecule has 0 N–H and O–H groups in total. The molecule has 18 heavy (non-hydrogen) atoms. The van der Waals surface area contributed by atoms with Crippen LogP contribution in [0.5, 0.6) is 0 Å². The number of rotatable bonds is 6. The largest absolute Gasteiger partial charge is 0.265 e. The molecule has 0 spiro atoms. The zero-order chi connectivity index (χ0) is 12.8. The topological polar surface area (TPSA) is 43.6 Å². The molecule has 0 aliphatic carbocycles. The van der Waals surface area contributed by atoms with Gasteiger partial charge in [-0.05, 0) is 25.5 Å². The fourth-order valence-electron chi connectivity index (χ4n) is 1.68. The van der Waals surface area contributed by atoms with Crippen molar-refractivity contribution < 1.29 is 0 Å². The Kier molecular flexibility index (Phi) is 4.75. The van der Waals surface area contributed by atoms with Crippen LogP contribution in [0, 0.1) is 6.92 Å². The van der Waals surface area contributed by atoms with Crippen LogP contribution in [-0.4, -0.2) is 19.7 Å². The lowest BCUT2D eigenvalue weighted by molar-refractivity contribution is 0.552. The molecule has 2 aromatic rings. The molecule has 5 heteroatoms. The predicted octanol–water partition coefficient (Wildman–Crippen LogP) is 3.07. The van der Waals surface area contributed by atoms with Crippen molar-refractivity contribution in [1.29, 1.82) is 0 Å². The third kappa shape index (κ3) is 3.57. The molecule has 4 nitrogen and oxygen atoms in total. The van der Waals surface area contributed by atoms with Gasteiger partial charge in [0, 0.05) is 23.8 Å². The number of aryl methyl sites for hydroxylation is 2. The summed E-state index contributed by atoms with van der Waals surface area (Å²) >= 11 is 1.77. The molecule has 0 fully saturated rings. The Bertz CT molecular complexity index is 481. The Morgan fingerprint density at radius 1 is 1.28 bits per heavy atom. The lowest BCUT2D eigenvalue weighted by atomic mass is 10.3. The van der Waals surface area contributed by atoms with E-state index in [9.17, 15) is 0 Å². The molecule has 0 aromatic carbocycles. The van der Waals surface area contributed by atoms with Gasteiger partial charge in [-0.2, -0.15) is 5.10 Å². The highest BCUT2D eigenvalue weighted by Gasteiger charge is 2.07. The molecule has 0 unspecified atom stereocenters. The standard InChI is InChI=1S/C13H18N4S/c1-3-4-9-17-13(15-11(2)16-17)10-18-12-5-7-14-8-6-12/h5-8H,3-4,9-10H2,1-2H3. The van der Waals surface area contributed by atoms with E-state index in [0.29, 0.717) is 0 Å². The van der Waals surface area contributed by atoms with Gasteiger partial charge in [0.25, 0.3) is 0 Å². The second-order valence-electron chi connectivity index (χ2n) is 4.12. The van der Waals surface area contributed by atoms with Crippen molar-refractivity contribution in [2.24, 2.45) is 0 Å². The van der Waals surface area contributed by atoms with Crippen molar-refractivity contribution in [3.8, 4) is 0 Å².